The number of nitrogens with two attached hydrogens (primary N) is 1. The number of nitrogens with zero attached hydrogens (tertiary/aromatic N) is 1. The Morgan fingerprint density at radius 3 is 2.94 bits per heavy atom. The fourth-order valence-corrected chi connectivity index (χ4v) is 3.09. The zero-order chi connectivity index (χ0) is 12.5. The van der Waals surface area contributed by atoms with Gasteiger partial charge in [0.2, 0.25) is 0 Å². The second-order valence-corrected chi connectivity index (χ2v) is 5.63. The third-order valence-electron chi connectivity index (χ3n) is 4.34. The summed E-state index contributed by atoms with van der Waals surface area (Å²) in [5.41, 5.74) is 8.98. The number of para-hydroxylation sites is 1. The van der Waals surface area contributed by atoms with Crippen molar-refractivity contribution in [2.24, 2.45) is 11.7 Å². The molecule has 2 aliphatic heterocycles. The molecule has 3 nitrogen and oxygen atoms in total. The molecule has 0 radical (unpaired) electrons. The molecule has 1 fully saturated rings. The maximum absolute atomic E-state index is 6.11. The minimum absolute atomic E-state index is 0.200. The van der Waals surface area contributed by atoms with Crippen LogP contribution in [0.3, 0.4) is 0 Å². The molecule has 0 amide bonds. The molecule has 2 heterocycles. The van der Waals surface area contributed by atoms with E-state index in [0.29, 0.717) is 18.6 Å². The number of ether oxygens (including phenoxy) is 1. The fraction of sp³-hybridized carbons (Fsp3) is 0.600. The Hall–Kier alpha value is -1.06. The number of anilines is 1. The van der Waals surface area contributed by atoms with Crippen LogP contribution in [0.1, 0.15) is 18.9 Å². The second kappa shape index (κ2) is 4.90. The van der Waals surface area contributed by atoms with Crippen LogP contribution < -0.4 is 10.6 Å². The van der Waals surface area contributed by atoms with Crippen LogP contribution >= 0.6 is 0 Å². The highest BCUT2D eigenvalue weighted by Gasteiger charge is 2.30. The molecule has 0 aliphatic carbocycles. The van der Waals surface area contributed by atoms with Crippen LogP contribution in [0.5, 0.6) is 0 Å². The number of aryl methyl sites for hydroxylation is 1. The van der Waals surface area contributed by atoms with E-state index in [4.69, 9.17) is 10.5 Å². The molecule has 0 bridgehead atoms. The summed E-state index contributed by atoms with van der Waals surface area (Å²) in [5.74, 6) is 0.471. The molecule has 18 heavy (non-hydrogen) atoms. The smallest absolute Gasteiger partial charge is 0.0621 e. The predicted molar refractivity (Wildman–Crippen MR) is 73.9 cm³/mol. The van der Waals surface area contributed by atoms with Crippen LogP contribution in [0.4, 0.5) is 5.69 Å². The summed E-state index contributed by atoms with van der Waals surface area (Å²) in [7, 11) is 0. The van der Waals surface area contributed by atoms with Gasteiger partial charge < -0.3 is 15.4 Å². The van der Waals surface area contributed by atoms with Gasteiger partial charge in [0.05, 0.1) is 13.2 Å². The van der Waals surface area contributed by atoms with Crippen molar-refractivity contribution in [3.05, 3.63) is 29.8 Å². The maximum Gasteiger partial charge on any atom is 0.0621 e. The number of fused-ring (bicyclic) bond motifs is 1. The fourth-order valence-electron chi connectivity index (χ4n) is 3.09. The molecular formula is C15H22N2O. The van der Waals surface area contributed by atoms with E-state index in [9.17, 15) is 0 Å². The van der Waals surface area contributed by atoms with E-state index >= 15 is 0 Å². The van der Waals surface area contributed by atoms with Gasteiger partial charge >= 0.3 is 0 Å². The van der Waals surface area contributed by atoms with Crippen molar-refractivity contribution in [2.45, 2.75) is 31.8 Å². The third kappa shape index (κ3) is 2.13. The first-order valence-electron chi connectivity index (χ1n) is 6.93. The molecule has 3 heteroatoms. The molecule has 0 spiro atoms. The average Bonchev–Trinajstić information content (AvgIpc) is 2.79. The average molecular weight is 246 g/mol. The van der Waals surface area contributed by atoms with Crippen molar-refractivity contribution >= 4 is 5.69 Å². The Kier molecular flexibility index (Phi) is 3.27. The largest absolute Gasteiger partial charge is 0.379 e. The van der Waals surface area contributed by atoms with E-state index in [1.165, 1.54) is 24.1 Å². The molecule has 98 valence electrons. The van der Waals surface area contributed by atoms with Crippen molar-refractivity contribution in [1.82, 2.24) is 0 Å². The van der Waals surface area contributed by atoms with Crippen molar-refractivity contribution in [2.75, 3.05) is 24.7 Å². The lowest BCUT2D eigenvalue weighted by Crippen LogP contribution is -2.44. The predicted octanol–water partition coefficient (Wildman–Crippen LogP) is 1.80. The minimum Gasteiger partial charge on any atom is -0.379 e. The Balaban J connectivity index is 1.82. The van der Waals surface area contributed by atoms with Gasteiger partial charge in [0, 0.05) is 30.2 Å². The number of benzene rings is 1. The van der Waals surface area contributed by atoms with Crippen molar-refractivity contribution in [3.8, 4) is 0 Å². The lowest BCUT2D eigenvalue weighted by molar-refractivity contribution is 0.184. The molecular weight excluding hydrogens is 224 g/mol. The summed E-state index contributed by atoms with van der Waals surface area (Å²) in [6.07, 6.45) is 2.43. The van der Waals surface area contributed by atoms with Gasteiger partial charge in [-0.15, -0.1) is 0 Å². The Morgan fingerprint density at radius 1 is 1.33 bits per heavy atom. The standard InChI is InChI=1S/C15H22N2O/c1-11-6-7-12-4-2-3-5-15(12)17(11)8-13-9-18-10-14(13)16/h2-5,11,13-14H,6-10,16H2,1H3. The zero-order valence-corrected chi connectivity index (χ0v) is 11.0. The lowest BCUT2D eigenvalue weighted by Gasteiger charge is -2.39. The second-order valence-electron chi connectivity index (χ2n) is 5.63. The van der Waals surface area contributed by atoms with E-state index in [0.717, 1.165) is 13.2 Å². The highest BCUT2D eigenvalue weighted by Crippen LogP contribution is 2.31. The van der Waals surface area contributed by atoms with Gasteiger partial charge in [0.25, 0.3) is 0 Å². The minimum atomic E-state index is 0.200. The zero-order valence-electron chi connectivity index (χ0n) is 11.0. The quantitative estimate of drug-likeness (QED) is 0.865. The maximum atomic E-state index is 6.11. The number of hydrogen-bond donors (Lipinski definition) is 1. The van der Waals surface area contributed by atoms with Crippen LogP contribution in [-0.2, 0) is 11.2 Å². The van der Waals surface area contributed by atoms with Gasteiger partial charge in [0.1, 0.15) is 0 Å². The lowest BCUT2D eigenvalue weighted by atomic mass is 9.94. The third-order valence-corrected chi connectivity index (χ3v) is 4.34. The van der Waals surface area contributed by atoms with Gasteiger partial charge in [-0.25, -0.2) is 0 Å². The number of hydrogen-bond acceptors (Lipinski definition) is 3. The summed E-state index contributed by atoms with van der Waals surface area (Å²) in [5, 5.41) is 0. The van der Waals surface area contributed by atoms with Crippen LogP contribution in [-0.4, -0.2) is 31.8 Å². The molecule has 1 aromatic carbocycles. The van der Waals surface area contributed by atoms with E-state index in [1.807, 2.05) is 0 Å². The molecule has 3 atom stereocenters. The molecule has 3 unspecified atom stereocenters. The first-order valence-corrected chi connectivity index (χ1v) is 6.93. The Morgan fingerprint density at radius 2 is 2.17 bits per heavy atom. The molecule has 0 aromatic heterocycles. The van der Waals surface area contributed by atoms with Crippen LogP contribution in [0.2, 0.25) is 0 Å². The van der Waals surface area contributed by atoms with E-state index in [1.54, 1.807) is 0 Å². The van der Waals surface area contributed by atoms with E-state index < -0.39 is 0 Å². The monoisotopic (exact) mass is 246 g/mol. The van der Waals surface area contributed by atoms with Crippen molar-refractivity contribution in [3.63, 3.8) is 0 Å². The van der Waals surface area contributed by atoms with Crippen molar-refractivity contribution in [1.29, 1.82) is 0 Å². The summed E-state index contributed by atoms with van der Waals surface area (Å²) in [6, 6.07) is 9.57. The SMILES string of the molecule is CC1CCc2ccccc2N1CC1COCC1N. The van der Waals surface area contributed by atoms with Gasteiger partial charge in [0.15, 0.2) is 0 Å². The topological polar surface area (TPSA) is 38.5 Å². The Labute approximate surface area is 109 Å². The van der Waals surface area contributed by atoms with Gasteiger partial charge in [-0.3, -0.25) is 0 Å². The Bertz CT molecular complexity index is 421. The van der Waals surface area contributed by atoms with Crippen molar-refractivity contribution < 1.29 is 4.74 Å². The normalized spacial score (nSPS) is 31.4. The molecule has 1 saturated heterocycles. The molecule has 3 rings (SSSR count). The summed E-state index contributed by atoms with van der Waals surface area (Å²) >= 11 is 0. The number of rotatable bonds is 2. The van der Waals surface area contributed by atoms with Crippen LogP contribution in [0.15, 0.2) is 24.3 Å². The molecule has 2 N–H and O–H groups in total. The summed E-state index contributed by atoms with van der Waals surface area (Å²) in [4.78, 5) is 2.53. The van der Waals surface area contributed by atoms with E-state index in [2.05, 4.69) is 36.1 Å². The first kappa shape index (κ1) is 12.0. The van der Waals surface area contributed by atoms with E-state index in [-0.39, 0.29) is 6.04 Å². The van der Waals surface area contributed by atoms with Crippen LogP contribution in [0, 0.1) is 5.92 Å². The van der Waals surface area contributed by atoms with Gasteiger partial charge in [-0.05, 0) is 31.4 Å². The highest BCUT2D eigenvalue weighted by atomic mass is 16.5. The highest BCUT2D eigenvalue weighted by molar-refractivity contribution is 5.56. The van der Waals surface area contributed by atoms with Gasteiger partial charge in [-0.2, -0.15) is 0 Å². The molecule has 1 aromatic rings. The molecule has 2 aliphatic rings. The summed E-state index contributed by atoms with van der Waals surface area (Å²) in [6.45, 7) is 4.87. The summed E-state index contributed by atoms with van der Waals surface area (Å²) < 4.78 is 5.48. The first-order chi connectivity index (χ1) is 8.75. The molecule has 0 saturated carbocycles. The van der Waals surface area contributed by atoms with Crippen LogP contribution in [0.25, 0.3) is 0 Å². The van der Waals surface area contributed by atoms with Gasteiger partial charge in [-0.1, -0.05) is 18.2 Å².